The molecule has 0 spiro atoms. The van der Waals surface area contributed by atoms with E-state index in [9.17, 15) is 4.79 Å². The molecule has 1 atom stereocenters. The van der Waals surface area contributed by atoms with E-state index in [1.54, 1.807) is 31.9 Å². The molecule has 1 aliphatic heterocycles. The highest BCUT2D eigenvalue weighted by atomic mass is 16.5. The van der Waals surface area contributed by atoms with Crippen LogP contribution in [-0.2, 0) is 6.42 Å². The molecule has 0 aliphatic carbocycles. The molecule has 1 saturated heterocycles. The number of nitrogens with one attached hydrogen (secondary N) is 1. The van der Waals surface area contributed by atoms with Crippen LogP contribution in [0.5, 0.6) is 5.75 Å². The van der Waals surface area contributed by atoms with Crippen molar-refractivity contribution in [3.8, 4) is 17.3 Å². The number of aryl methyl sites for hydroxylation is 1. The van der Waals surface area contributed by atoms with Gasteiger partial charge in [0.2, 0.25) is 0 Å². The van der Waals surface area contributed by atoms with E-state index in [0.717, 1.165) is 41.2 Å². The second-order valence-corrected chi connectivity index (χ2v) is 8.43. The number of likely N-dealkylation sites (tertiary alicyclic amines) is 1. The highest BCUT2D eigenvalue weighted by molar-refractivity contribution is 5.94. The lowest BCUT2D eigenvalue weighted by molar-refractivity contribution is 0.0732. The lowest BCUT2D eigenvalue weighted by Gasteiger charge is -2.24. The van der Waals surface area contributed by atoms with Gasteiger partial charge in [-0.1, -0.05) is 18.2 Å². The van der Waals surface area contributed by atoms with E-state index in [0.29, 0.717) is 30.0 Å². The zero-order valence-electron chi connectivity index (χ0n) is 19.2. The van der Waals surface area contributed by atoms with Crippen LogP contribution in [0.2, 0.25) is 0 Å². The number of carbonyl (C=O) groups is 1. The minimum Gasteiger partial charge on any atom is -0.496 e. The summed E-state index contributed by atoms with van der Waals surface area (Å²) in [7, 11) is 1.66. The number of para-hydroxylation sites is 1. The maximum Gasteiger partial charge on any atom is 0.255 e. The first-order valence-electron chi connectivity index (χ1n) is 11.3. The number of imidazole rings is 1. The summed E-state index contributed by atoms with van der Waals surface area (Å²) < 4.78 is 5.43. The van der Waals surface area contributed by atoms with E-state index in [1.165, 1.54) is 0 Å². The van der Waals surface area contributed by atoms with E-state index in [2.05, 4.69) is 19.9 Å². The van der Waals surface area contributed by atoms with Gasteiger partial charge < -0.3 is 14.6 Å². The highest BCUT2D eigenvalue weighted by Crippen LogP contribution is 2.32. The summed E-state index contributed by atoms with van der Waals surface area (Å²) >= 11 is 0. The van der Waals surface area contributed by atoms with E-state index < -0.39 is 0 Å². The third-order valence-corrected chi connectivity index (χ3v) is 6.09. The van der Waals surface area contributed by atoms with Crippen LogP contribution in [0.1, 0.15) is 51.9 Å². The Bertz CT molecular complexity index is 1300. The smallest absolute Gasteiger partial charge is 0.255 e. The molecule has 5 rings (SSSR count). The van der Waals surface area contributed by atoms with Crippen molar-refractivity contribution in [3.05, 3.63) is 89.4 Å². The molecule has 0 radical (unpaired) electrons. The topological polar surface area (TPSA) is 96.9 Å². The molecule has 0 saturated carbocycles. The van der Waals surface area contributed by atoms with Gasteiger partial charge in [0.25, 0.3) is 5.91 Å². The van der Waals surface area contributed by atoms with Gasteiger partial charge in [-0.3, -0.25) is 14.8 Å². The Morgan fingerprint density at radius 3 is 2.76 bits per heavy atom. The number of rotatable bonds is 6. The number of ether oxygens (including phenoxy) is 1. The lowest BCUT2D eigenvalue weighted by atomic mass is 10.1. The van der Waals surface area contributed by atoms with Crippen molar-refractivity contribution in [1.82, 2.24) is 29.8 Å². The lowest BCUT2D eigenvalue weighted by Crippen LogP contribution is -2.31. The predicted octanol–water partition coefficient (Wildman–Crippen LogP) is 4.15. The maximum absolute atomic E-state index is 13.4. The second-order valence-electron chi connectivity index (χ2n) is 8.43. The average molecular weight is 455 g/mol. The van der Waals surface area contributed by atoms with Crippen LogP contribution < -0.4 is 4.74 Å². The van der Waals surface area contributed by atoms with Gasteiger partial charge in [-0.05, 0) is 38.0 Å². The van der Waals surface area contributed by atoms with E-state index in [1.807, 2.05) is 48.2 Å². The van der Waals surface area contributed by atoms with Gasteiger partial charge in [0.1, 0.15) is 11.4 Å². The zero-order chi connectivity index (χ0) is 23.5. The number of aromatic nitrogens is 5. The molecular formula is C26H26N6O2. The van der Waals surface area contributed by atoms with Crippen LogP contribution in [0.25, 0.3) is 11.5 Å². The molecular weight excluding hydrogens is 428 g/mol. The van der Waals surface area contributed by atoms with Crippen LogP contribution in [-0.4, -0.2) is 49.4 Å². The number of aromatic amines is 1. The first kappa shape index (κ1) is 21.8. The standard InChI is InChI=1S/C26H26N6O2/c1-17-13-29-25(30-17)22-16-27-15-21(31-22)23-7-5-11-32(23)26(33)19-9-10-20(28-14-19)12-18-6-3-4-8-24(18)34-2/h3-4,6,8-10,13-16,23H,5,7,11-12H2,1-2H3,(H,29,30)/t23-/m0/s1. The molecule has 1 N–H and O–H groups in total. The molecule has 8 nitrogen and oxygen atoms in total. The molecule has 4 aromatic rings. The Balaban J connectivity index is 1.33. The molecule has 172 valence electrons. The van der Waals surface area contributed by atoms with Crippen molar-refractivity contribution >= 4 is 5.91 Å². The van der Waals surface area contributed by atoms with Crippen LogP contribution in [0, 0.1) is 6.92 Å². The molecule has 0 bridgehead atoms. The number of carbonyl (C=O) groups excluding carboxylic acids is 1. The van der Waals surface area contributed by atoms with Crippen molar-refractivity contribution in [1.29, 1.82) is 0 Å². The molecule has 0 unspecified atom stereocenters. The maximum atomic E-state index is 13.4. The fraction of sp³-hybridized carbons (Fsp3) is 0.269. The summed E-state index contributed by atoms with van der Waals surface area (Å²) in [6.07, 6.45) is 9.26. The van der Waals surface area contributed by atoms with E-state index in [-0.39, 0.29) is 11.9 Å². The molecule has 8 heteroatoms. The van der Waals surface area contributed by atoms with Gasteiger partial charge in [0, 0.05) is 42.3 Å². The van der Waals surface area contributed by atoms with Gasteiger partial charge >= 0.3 is 0 Å². The van der Waals surface area contributed by atoms with Gasteiger partial charge in [-0.25, -0.2) is 9.97 Å². The SMILES string of the molecule is COc1ccccc1Cc1ccc(C(=O)N2CCC[C@H]2c2cncc(-c3ncc(C)[nH]3)n2)cn1. The third-order valence-electron chi connectivity index (χ3n) is 6.09. The summed E-state index contributed by atoms with van der Waals surface area (Å²) in [6.45, 7) is 2.62. The first-order valence-corrected chi connectivity index (χ1v) is 11.3. The number of benzene rings is 1. The average Bonchev–Trinajstić information content (AvgIpc) is 3.54. The fourth-order valence-corrected chi connectivity index (χ4v) is 4.38. The zero-order valence-corrected chi connectivity index (χ0v) is 19.2. The second kappa shape index (κ2) is 9.43. The quantitative estimate of drug-likeness (QED) is 0.470. The Morgan fingerprint density at radius 2 is 2.00 bits per heavy atom. The van der Waals surface area contributed by atoms with Crippen molar-refractivity contribution in [2.24, 2.45) is 0 Å². The Hall–Kier alpha value is -4.07. The summed E-state index contributed by atoms with van der Waals surface area (Å²) in [6, 6.07) is 11.5. The van der Waals surface area contributed by atoms with Gasteiger partial charge in [0.05, 0.1) is 36.8 Å². The number of methoxy groups -OCH3 is 1. The minimum absolute atomic E-state index is 0.0418. The van der Waals surface area contributed by atoms with E-state index in [4.69, 9.17) is 9.72 Å². The Morgan fingerprint density at radius 1 is 1.12 bits per heavy atom. The van der Waals surface area contributed by atoms with Crippen molar-refractivity contribution in [2.75, 3.05) is 13.7 Å². The van der Waals surface area contributed by atoms with E-state index >= 15 is 0 Å². The Labute approximate surface area is 198 Å². The number of amides is 1. The molecule has 3 aromatic heterocycles. The monoisotopic (exact) mass is 454 g/mol. The number of hydrogen-bond donors (Lipinski definition) is 1. The minimum atomic E-state index is -0.121. The van der Waals surface area contributed by atoms with Crippen molar-refractivity contribution in [3.63, 3.8) is 0 Å². The highest BCUT2D eigenvalue weighted by Gasteiger charge is 2.32. The normalized spacial score (nSPS) is 15.5. The molecule has 34 heavy (non-hydrogen) atoms. The molecule has 1 aliphatic rings. The summed E-state index contributed by atoms with van der Waals surface area (Å²) in [5, 5.41) is 0. The van der Waals surface area contributed by atoms with Crippen LogP contribution in [0.3, 0.4) is 0 Å². The largest absolute Gasteiger partial charge is 0.496 e. The number of pyridine rings is 1. The molecule has 4 heterocycles. The third kappa shape index (κ3) is 4.39. The summed E-state index contributed by atoms with van der Waals surface area (Å²) in [5.41, 5.74) is 4.92. The van der Waals surface area contributed by atoms with Crippen molar-refractivity contribution < 1.29 is 9.53 Å². The van der Waals surface area contributed by atoms with Gasteiger partial charge in [-0.15, -0.1) is 0 Å². The first-order chi connectivity index (χ1) is 16.6. The number of hydrogen-bond acceptors (Lipinski definition) is 6. The fourth-order valence-electron chi connectivity index (χ4n) is 4.38. The molecule has 1 aromatic carbocycles. The predicted molar refractivity (Wildman–Crippen MR) is 127 cm³/mol. The van der Waals surface area contributed by atoms with Gasteiger partial charge in [0.15, 0.2) is 5.82 Å². The molecule has 1 fully saturated rings. The van der Waals surface area contributed by atoms with Crippen LogP contribution in [0.4, 0.5) is 0 Å². The van der Waals surface area contributed by atoms with Gasteiger partial charge in [-0.2, -0.15) is 0 Å². The van der Waals surface area contributed by atoms with Crippen LogP contribution >= 0.6 is 0 Å². The Kier molecular flexibility index (Phi) is 6.03. The summed E-state index contributed by atoms with van der Waals surface area (Å²) in [4.78, 5) is 36.5. The number of nitrogens with zero attached hydrogens (tertiary/aromatic N) is 5. The van der Waals surface area contributed by atoms with Crippen LogP contribution in [0.15, 0.2) is 61.2 Å². The van der Waals surface area contributed by atoms with Crippen molar-refractivity contribution in [2.45, 2.75) is 32.2 Å². The molecule has 1 amide bonds. The summed E-state index contributed by atoms with van der Waals surface area (Å²) in [5.74, 6) is 1.47. The number of H-pyrrole nitrogens is 1.